The van der Waals surface area contributed by atoms with Gasteiger partial charge in [0, 0.05) is 12.2 Å². The van der Waals surface area contributed by atoms with E-state index in [1.807, 2.05) is 13.8 Å². The molecular formula is C10H18O3. The van der Waals surface area contributed by atoms with Crippen molar-refractivity contribution in [1.29, 1.82) is 0 Å². The summed E-state index contributed by atoms with van der Waals surface area (Å²) in [5.74, 6) is -0.607. The number of allylic oxidation sites excluding steroid dienone is 1. The molecule has 0 rings (SSSR count). The van der Waals surface area contributed by atoms with Gasteiger partial charge in [-0.15, -0.1) is 0 Å². The first-order chi connectivity index (χ1) is 6.02. The summed E-state index contributed by atoms with van der Waals surface area (Å²) in [4.78, 5) is 10.5. The molecule has 0 amide bonds. The highest BCUT2D eigenvalue weighted by Crippen LogP contribution is 2.18. The molecule has 0 heterocycles. The van der Waals surface area contributed by atoms with Crippen molar-refractivity contribution in [3.8, 4) is 0 Å². The number of hydrogen-bond acceptors (Lipinski definition) is 2. The number of carbonyl (C=O) groups is 1. The van der Waals surface area contributed by atoms with Gasteiger partial charge in [0.2, 0.25) is 0 Å². The smallest absolute Gasteiger partial charge is 0.330 e. The fourth-order valence-corrected chi connectivity index (χ4v) is 1.21. The number of aliphatic hydroxyl groups excluding tert-OH is 1. The van der Waals surface area contributed by atoms with Gasteiger partial charge in [-0.3, -0.25) is 0 Å². The van der Waals surface area contributed by atoms with Crippen LogP contribution in [0.15, 0.2) is 11.6 Å². The maximum absolute atomic E-state index is 10.5. The van der Waals surface area contributed by atoms with Crippen LogP contribution in [0.5, 0.6) is 0 Å². The molecule has 0 radical (unpaired) electrons. The Morgan fingerprint density at radius 3 is 2.38 bits per heavy atom. The largest absolute Gasteiger partial charge is 0.478 e. The minimum atomic E-state index is -0.886. The first-order valence-electron chi connectivity index (χ1n) is 4.55. The summed E-state index contributed by atoms with van der Waals surface area (Å²) in [6, 6.07) is 0. The van der Waals surface area contributed by atoms with E-state index in [4.69, 9.17) is 10.2 Å². The highest BCUT2D eigenvalue weighted by atomic mass is 16.4. The molecular weight excluding hydrogens is 168 g/mol. The molecule has 0 aromatic carbocycles. The fourth-order valence-electron chi connectivity index (χ4n) is 1.21. The molecule has 3 nitrogen and oxygen atoms in total. The SMILES string of the molecule is CCC(/C=C(\C)C(=O)O)C(C)CO. The minimum Gasteiger partial charge on any atom is -0.478 e. The van der Waals surface area contributed by atoms with Crippen LogP contribution in [0.4, 0.5) is 0 Å². The summed E-state index contributed by atoms with van der Waals surface area (Å²) in [6.07, 6.45) is 2.58. The van der Waals surface area contributed by atoms with Gasteiger partial charge in [-0.1, -0.05) is 19.9 Å². The van der Waals surface area contributed by atoms with E-state index in [1.54, 1.807) is 13.0 Å². The third-order valence-corrected chi connectivity index (χ3v) is 2.29. The van der Waals surface area contributed by atoms with Crippen LogP contribution in [0.2, 0.25) is 0 Å². The van der Waals surface area contributed by atoms with Crippen molar-refractivity contribution in [1.82, 2.24) is 0 Å². The van der Waals surface area contributed by atoms with Gasteiger partial charge in [0.25, 0.3) is 0 Å². The monoisotopic (exact) mass is 186 g/mol. The van der Waals surface area contributed by atoms with Gasteiger partial charge >= 0.3 is 5.97 Å². The zero-order chi connectivity index (χ0) is 10.4. The van der Waals surface area contributed by atoms with Crippen LogP contribution in [0, 0.1) is 11.8 Å². The van der Waals surface area contributed by atoms with Crippen LogP contribution in [0.1, 0.15) is 27.2 Å². The topological polar surface area (TPSA) is 57.5 Å². The van der Waals surface area contributed by atoms with Crippen LogP contribution >= 0.6 is 0 Å². The lowest BCUT2D eigenvalue weighted by Gasteiger charge is -2.17. The standard InChI is InChI=1S/C10H18O3/c1-4-9(8(3)6-11)5-7(2)10(12)13/h5,8-9,11H,4,6H2,1-3H3,(H,12,13)/b7-5+. The van der Waals surface area contributed by atoms with Gasteiger partial charge in [-0.25, -0.2) is 4.79 Å². The number of carboxylic acids is 1. The lowest BCUT2D eigenvalue weighted by Crippen LogP contribution is -2.14. The Morgan fingerprint density at radius 1 is 1.54 bits per heavy atom. The van der Waals surface area contributed by atoms with Crippen LogP contribution in [0.3, 0.4) is 0 Å². The number of aliphatic hydroxyl groups is 1. The minimum absolute atomic E-state index is 0.0991. The van der Waals surface area contributed by atoms with Gasteiger partial charge in [-0.2, -0.15) is 0 Å². The Morgan fingerprint density at radius 2 is 2.08 bits per heavy atom. The van der Waals surface area contributed by atoms with Crippen LogP contribution < -0.4 is 0 Å². The van der Waals surface area contributed by atoms with Gasteiger partial charge in [-0.05, 0) is 25.2 Å². The Labute approximate surface area is 79.1 Å². The highest BCUT2D eigenvalue weighted by molar-refractivity contribution is 5.85. The van der Waals surface area contributed by atoms with Crippen LogP contribution in [-0.4, -0.2) is 22.8 Å². The van der Waals surface area contributed by atoms with Crippen molar-refractivity contribution in [3.05, 3.63) is 11.6 Å². The molecule has 0 saturated carbocycles. The Bertz CT molecular complexity index is 196. The second-order valence-corrected chi connectivity index (χ2v) is 3.39. The predicted molar refractivity (Wildman–Crippen MR) is 51.4 cm³/mol. The molecule has 0 aromatic heterocycles. The molecule has 13 heavy (non-hydrogen) atoms. The first-order valence-corrected chi connectivity index (χ1v) is 4.55. The van der Waals surface area contributed by atoms with Crippen molar-refractivity contribution >= 4 is 5.97 Å². The summed E-state index contributed by atoms with van der Waals surface area (Å²) < 4.78 is 0. The summed E-state index contributed by atoms with van der Waals surface area (Å²) in [6.45, 7) is 5.58. The number of hydrogen-bond donors (Lipinski definition) is 2. The maximum Gasteiger partial charge on any atom is 0.330 e. The molecule has 76 valence electrons. The molecule has 0 bridgehead atoms. The average Bonchev–Trinajstić information content (AvgIpc) is 2.12. The van der Waals surface area contributed by atoms with E-state index in [0.29, 0.717) is 5.57 Å². The van der Waals surface area contributed by atoms with E-state index >= 15 is 0 Å². The molecule has 0 saturated heterocycles. The lowest BCUT2D eigenvalue weighted by atomic mass is 9.90. The predicted octanol–water partition coefficient (Wildman–Crippen LogP) is 1.67. The van der Waals surface area contributed by atoms with E-state index in [2.05, 4.69) is 0 Å². The van der Waals surface area contributed by atoms with E-state index in [1.165, 1.54) is 0 Å². The zero-order valence-corrected chi connectivity index (χ0v) is 8.45. The van der Waals surface area contributed by atoms with Crippen molar-refractivity contribution in [2.24, 2.45) is 11.8 Å². The third-order valence-electron chi connectivity index (χ3n) is 2.29. The Hall–Kier alpha value is -0.830. The van der Waals surface area contributed by atoms with Gasteiger partial charge < -0.3 is 10.2 Å². The fraction of sp³-hybridized carbons (Fsp3) is 0.700. The summed E-state index contributed by atoms with van der Waals surface area (Å²) in [7, 11) is 0. The molecule has 0 aliphatic carbocycles. The Kier molecular flexibility index (Phi) is 5.39. The highest BCUT2D eigenvalue weighted by Gasteiger charge is 2.13. The molecule has 2 N–H and O–H groups in total. The quantitative estimate of drug-likeness (QED) is 0.642. The third kappa shape index (κ3) is 4.08. The molecule has 2 atom stereocenters. The van der Waals surface area contributed by atoms with Crippen molar-refractivity contribution in [2.45, 2.75) is 27.2 Å². The Balaban J connectivity index is 4.43. The molecule has 0 aromatic rings. The first kappa shape index (κ1) is 12.2. The van der Waals surface area contributed by atoms with Crippen molar-refractivity contribution in [2.75, 3.05) is 6.61 Å². The van der Waals surface area contributed by atoms with E-state index < -0.39 is 5.97 Å². The lowest BCUT2D eigenvalue weighted by molar-refractivity contribution is -0.132. The zero-order valence-electron chi connectivity index (χ0n) is 8.45. The van der Waals surface area contributed by atoms with Crippen molar-refractivity contribution in [3.63, 3.8) is 0 Å². The van der Waals surface area contributed by atoms with Crippen LogP contribution in [-0.2, 0) is 4.79 Å². The summed E-state index contributed by atoms with van der Waals surface area (Å²) in [5.41, 5.74) is 0.354. The molecule has 0 aliphatic rings. The number of rotatable bonds is 5. The molecule has 3 heteroatoms. The summed E-state index contributed by atoms with van der Waals surface area (Å²) in [5, 5.41) is 17.6. The van der Waals surface area contributed by atoms with E-state index in [0.717, 1.165) is 6.42 Å². The normalized spacial score (nSPS) is 16.8. The average molecular weight is 186 g/mol. The molecule has 0 fully saturated rings. The van der Waals surface area contributed by atoms with Crippen LogP contribution in [0.25, 0.3) is 0 Å². The second-order valence-electron chi connectivity index (χ2n) is 3.39. The van der Waals surface area contributed by atoms with E-state index in [9.17, 15) is 4.79 Å². The molecule has 0 aliphatic heterocycles. The van der Waals surface area contributed by atoms with Gasteiger partial charge in [0.05, 0.1) is 0 Å². The van der Waals surface area contributed by atoms with Gasteiger partial charge in [0.15, 0.2) is 0 Å². The molecule has 2 unspecified atom stereocenters. The number of aliphatic carboxylic acids is 1. The summed E-state index contributed by atoms with van der Waals surface area (Å²) >= 11 is 0. The van der Waals surface area contributed by atoms with E-state index in [-0.39, 0.29) is 18.4 Å². The van der Waals surface area contributed by atoms with Crippen molar-refractivity contribution < 1.29 is 15.0 Å². The second kappa shape index (κ2) is 5.75. The molecule has 0 spiro atoms. The van der Waals surface area contributed by atoms with Gasteiger partial charge in [0.1, 0.15) is 0 Å². The maximum atomic E-state index is 10.5. The number of carboxylic acid groups (broad SMARTS) is 1.